The molecule has 0 saturated heterocycles. The summed E-state index contributed by atoms with van der Waals surface area (Å²) in [5.74, 6) is 0. The van der Waals surface area contributed by atoms with Crippen LogP contribution in [0.5, 0.6) is 0 Å². The van der Waals surface area contributed by atoms with Gasteiger partial charge in [0.1, 0.15) is 0 Å². The van der Waals surface area contributed by atoms with Gasteiger partial charge in [-0.3, -0.25) is 0 Å². The third-order valence-corrected chi connectivity index (χ3v) is 6.02. The van der Waals surface area contributed by atoms with Crippen molar-refractivity contribution >= 4 is 43.2 Å². The number of rotatable bonds is 2. The first-order valence-corrected chi connectivity index (χ1v) is 8.04. The van der Waals surface area contributed by atoms with Crippen LogP contribution in [0.2, 0.25) is 0 Å². The number of halogens is 2. The van der Waals surface area contributed by atoms with Crippen LogP contribution in [-0.4, -0.2) is 0 Å². The molecule has 90 valence electrons. The molecule has 0 spiro atoms. The zero-order valence-electron chi connectivity index (χ0n) is 10.1. The van der Waals surface area contributed by atoms with Crippen molar-refractivity contribution in [2.75, 3.05) is 0 Å². The fraction of sp³-hybridized carbons (Fsp3) is 0.286. The molecule has 1 unspecified atom stereocenters. The predicted molar refractivity (Wildman–Crippen MR) is 83.4 cm³/mol. The van der Waals surface area contributed by atoms with Crippen molar-refractivity contribution in [1.82, 2.24) is 0 Å². The van der Waals surface area contributed by atoms with E-state index in [-0.39, 0.29) is 4.83 Å². The lowest BCUT2D eigenvalue weighted by atomic mass is 9.97. The fourth-order valence-electron chi connectivity index (χ4n) is 2.21. The molecular formula is C14H14Br2S. The van der Waals surface area contributed by atoms with E-state index in [0.717, 1.165) is 0 Å². The number of alkyl halides is 1. The predicted octanol–water partition coefficient (Wildman–Crippen LogP) is 5.92. The first-order chi connectivity index (χ1) is 8.00. The topological polar surface area (TPSA) is 0 Å². The highest BCUT2D eigenvalue weighted by molar-refractivity contribution is 9.11. The molecule has 0 bridgehead atoms. The van der Waals surface area contributed by atoms with E-state index >= 15 is 0 Å². The molecule has 2 rings (SSSR count). The lowest BCUT2D eigenvalue weighted by molar-refractivity contribution is 1.12. The van der Waals surface area contributed by atoms with Crippen molar-refractivity contribution < 1.29 is 0 Å². The molecule has 2 aromatic rings. The average Bonchev–Trinajstić information content (AvgIpc) is 2.62. The van der Waals surface area contributed by atoms with E-state index in [1.165, 1.54) is 31.6 Å². The maximum atomic E-state index is 3.83. The first kappa shape index (κ1) is 13.3. The largest absolute Gasteiger partial charge is 0.146 e. The maximum Gasteiger partial charge on any atom is 0.0754 e. The van der Waals surface area contributed by atoms with Crippen molar-refractivity contribution in [3.05, 3.63) is 55.2 Å². The monoisotopic (exact) mass is 372 g/mol. The highest BCUT2D eigenvalue weighted by atomic mass is 79.9. The summed E-state index contributed by atoms with van der Waals surface area (Å²) < 4.78 is 1.18. The molecule has 0 N–H and O–H groups in total. The lowest BCUT2D eigenvalue weighted by Gasteiger charge is -2.16. The van der Waals surface area contributed by atoms with Crippen molar-refractivity contribution in [1.29, 1.82) is 0 Å². The number of thiophene rings is 1. The molecule has 1 aromatic carbocycles. The molecule has 0 aliphatic rings. The molecule has 1 aromatic heterocycles. The van der Waals surface area contributed by atoms with Crippen molar-refractivity contribution in [3.8, 4) is 0 Å². The standard InChI is InChI=1S/C14H14Br2S/c1-8-6-9(2)12(10(3)7-8)13(16)14-11(15)4-5-17-14/h4-7,13H,1-3H3. The quantitative estimate of drug-likeness (QED) is 0.573. The summed E-state index contributed by atoms with van der Waals surface area (Å²) in [5, 5.41) is 2.12. The van der Waals surface area contributed by atoms with Gasteiger partial charge < -0.3 is 0 Å². The van der Waals surface area contributed by atoms with Crippen LogP contribution in [-0.2, 0) is 0 Å². The minimum absolute atomic E-state index is 0.275. The highest BCUT2D eigenvalue weighted by Gasteiger charge is 2.18. The average molecular weight is 374 g/mol. The molecule has 17 heavy (non-hydrogen) atoms. The van der Waals surface area contributed by atoms with Gasteiger partial charge in [-0.05, 0) is 64.8 Å². The summed E-state index contributed by atoms with van der Waals surface area (Å²) in [6.45, 7) is 6.52. The zero-order chi connectivity index (χ0) is 12.6. The molecule has 0 saturated carbocycles. The van der Waals surface area contributed by atoms with Crippen molar-refractivity contribution in [2.24, 2.45) is 0 Å². The number of hydrogen-bond donors (Lipinski definition) is 0. The van der Waals surface area contributed by atoms with Crippen LogP contribution in [0.15, 0.2) is 28.1 Å². The van der Waals surface area contributed by atoms with Crippen LogP contribution < -0.4 is 0 Å². The van der Waals surface area contributed by atoms with Gasteiger partial charge in [-0.2, -0.15) is 0 Å². The SMILES string of the molecule is Cc1cc(C)c(C(Br)c2sccc2Br)c(C)c1. The minimum atomic E-state index is 0.275. The molecule has 1 heterocycles. The molecule has 0 amide bonds. The number of hydrogen-bond acceptors (Lipinski definition) is 1. The van der Waals surface area contributed by atoms with E-state index in [0.29, 0.717) is 0 Å². The molecular weight excluding hydrogens is 360 g/mol. The Morgan fingerprint density at radius 1 is 1.12 bits per heavy atom. The summed E-state index contributed by atoms with van der Waals surface area (Å²) >= 11 is 9.22. The summed E-state index contributed by atoms with van der Waals surface area (Å²) in [5.41, 5.74) is 5.42. The van der Waals surface area contributed by atoms with E-state index in [2.05, 4.69) is 76.2 Å². The summed E-state index contributed by atoms with van der Waals surface area (Å²) in [4.78, 5) is 1.61. The number of aryl methyl sites for hydroxylation is 3. The van der Waals surface area contributed by atoms with Crippen LogP contribution >= 0.6 is 43.2 Å². The molecule has 3 heteroatoms. The molecule has 1 atom stereocenters. The van der Waals surface area contributed by atoms with Gasteiger partial charge in [-0.1, -0.05) is 33.6 Å². The molecule has 0 nitrogen and oxygen atoms in total. The van der Waals surface area contributed by atoms with Gasteiger partial charge in [-0.15, -0.1) is 11.3 Å². The van der Waals surface area contributed by atoms with Crippen LogP contribution in [0.3, 0.4) is 0 Å². The van der Waals surface area contributed by atoms with Crippen molar-refractivity contribution in [3.63, 3.8) is 0 Å². The van der Waals surface area contributed by atoms with Gasteiger partial charge in [0.25, 0.3) is 0 Å². The maximum absolute atomic E-state index is 3.83. The van der Waals surface area contributed by atoms with E-state index in [9.17, 15) is 0 Å². The Bertz CT molecular complexity index is 520. The number of benzene rings is 1. The highest BCUT2D eigenvalue weighted by Crippen LogP contribution is 2.41. The van der Waals surface area contributed by atoms with Gasteiger partial charge in [0.05, 0.1) is 4.83 Å². The normalized spacial score (nSPS) is 12.8. The van der Waals surface area contributed by atoms with E-state index in [4.69, 9.17) is 0 Å². The Morgan fingerprint density at radius 3 is 2.18 bits per heavy atom. The Hall–Kier alpha value is -0.120. The minimum Gasteiger partial charge on any atom is -0.146 e. The van der Waals surface area contributed by atoms with Gasteiger partial charge in [0.15, 0.2) is 0 Å². The van der Waals surface area contributed by atoms with Gasteiger partial charge >= 0.3 is 0 Å². The smallest absolute Gasteiger partial charge is 0.0754 e. The van der Waals surface area contributed by atoms with Gasteiger partial charge in [-0.25, -0.2) is 0 Å². The van der Waals surface area contributed by atoms with Crippen LogP contribution in [0, 0.1) is 20.8 Å². The van der Waals surface area contributed by atoms with Gasteiger partial charge in [0, 0.05) is 9.35 Å². The molecule has 0 aliphatic carbocycles. The van der Waals surface area contributed by atoms with E-state index in [1.54, 1.807) is 11.3 Å². The Balaban J connectivity index is 2.51. The first-order valence-electron chi connectivity index (χ1n) is 5.45. The van der Waals surface area contributed by atoms with Gasteiger partial charge in [0.2, 0.25) is 0 Å². The zero-order valence-corrected chi connectivity index (χ0v) is 14.0. The Labute approximate surface area is 123 Å². The third kappa shape index (κ3) is 2.67. The Morgan fingerprint density at radius 2 is 1.71 bits per heavy atom. The van der Waals surface area contributed by atoms with Crippen molar-refractivity contribution in [2.45, 2.75) is 25.6 Å². The summed E-state index contributed by atoms with van der Waals surface area (Å²) in [7, 11) is 0. The summed E-state index contributed by atoms with van der Waals surface area (Å²) in [6.07, 6.45) is 0. The van der Waals surface area contributed by atoms with Crippen LogP contribution in [0.4, 0.5) is 0 Å². The molecule has 0 aliphatic heterocycles. The lowest BCUT2D eigenvalue weighted by Crippen LogP contribution is -1.99. The molecule has 0 radical (unpaired) electrons. The van der Waals surface area contributed by atoms with E-state index in [1.807, 2.05) is 0 Å². The van der Waals surface area contributed by atoms with E-state index < -0.39 is 0 Å². The third-order valence-electron chi connectivity index (χ3n) is 2.87. The molecule has 0 fully saturated rings. The second kappa shape index (κ2) is 5.25. The second-order valence-electron chi connectivity index (χ2n) is 4.31. The van der Waals surface area contributed by atoms with Crippen LogP contribution in [0.1, 0.15) is 32.0 Å². The van der Waals surface area contributed by atoms with Crippen LogP contribution in [0.25, 0.3) is 0 Å². The summed E-state index contributed by atoms with van der Waals surface area (Å²) in [6, 6.07) is 6.60. The fourth-order valence-corrected chi connectivity index (χ4v) is 5.39. The second-order valence-corrected chi connectivity index (χ2v) is 7.03. The Kier molecular flexibility index (Phi) is 4.11.